The molecule has 2 heterocycles. The zero-order chi connectivity index (χ0) is 16.2. The minimum Gasteiger partial charge on any atom is -0.497 e. The molecule has 0 aliphatic heterocycles. The molecule has 118 valence electrons. The molecule has 0 radical (unpaired) electrons. The lowest BCUT2D eigenvalue weighted by Crippen LogP contribution is -2.29. The van der Waals surface area contributed by atoms with Crippen LogP contribution in [0.15, 0.2) is 54.9 Å². The summed E-state index contributed by atoms with van der Waals surface area (Å²) in [5.74, 6) is 0.689. The Balaban J connectivity index is 1.83. The molecule has 0 saturated carbocycles. The highest BCUT2D eigenvalue weighted by molar-refractivity contribution is 5.93. The van der Waals surface area contributed by atoms with Gasteiger partial charge in [0.2, 0.25) is 0 Å². The summed E-state index contributed by atoms with van der Waals surface area (Å²) in [4.78, 5) is 16.8. The van der Waals surface area contributed by atoms with Crippen LogP contribution in [-0.2, 0) is 0 Å². The molecule has 23 heavy (non-hydrogen) atoms. The van der Waals surface area contributed by atoms with Crippen LogP contribution in [-0.4, -0.2) is 22.4 Å². The van der Waals surface area contributed by atoms with Gasteiger partial charge >= 0.3 is 0 Å². The Bertz CT molecular complexity index is 809. The highest BCUT2D eigenvalue weighted by atomic mass is 16.5. The number of aromatic nitrogens is 2. The molecular formula is C18H19N3O2. The van der Waals surface area contributed by atoms with Crippen molar-refractivity contribution < 1.29 is 9.53 Å². The quantitative estimate of drug-likeness (QED) is 0.787. The van der Waals surface area contributed by atoms with E-state index in [4.69, 9.17) is 4.74 Å². The van der Waals surface area contributed by atoms with Crippen molar-refractivity contribution in [3.8, 4) is 5.75 Å². The number of nitrogens with one attached hydrogen (secondary N) is 1. The summed E-state index contributed by atoms with van der Waals surface area (Å²) >= 11 is 0. The van der Waals surface area contributed by atoms with Gasteiger partial charge in [0.15, 0.2) is 0 Å². The number of carbonyl (C=O) groups excluding carboxylic acids is 1. The second kappa shape index (κ2) is 6.52. The van der Waals surface area contributed by atoms with Gasteiger partial charge in [0.25, 0.3) is 5.91 Å². The number of hydrogen-bond donors (Lipinski definition) is 1. The van der Waals surface area contributed by atoms with Gasteiger partial charge in [-0.2, -0.15) is 0 Å². The van der Waals surface area contributed by atoms with Gasteiger partial charge in [-0.25, -0.2) is 4.98 Å². The van der Waals surface area contributed by atoms with Crippen molar-refractivity contribution in [2.45, 2.75) is 19.4 Å². The van der Waals surface area contributed by atoms with Crippen LogP contribution in [0.1, 0.15) is 35.4 Å². The van der Waals surface area contributed by atoms with E-state index in [9.17, 15) is 4.79 Å². The summed E-state index contributed by atoms with van der Waals surface area (Å²) in [6, 6.07) is 13.2. The molecule has 0 bridgehead atoms. The smallest absolute Gasteiger partial charge is 0.268 e. The van der Waals surface area contributed by atoms with Crippen LogP contribution in [0.25, 0.3) is 5.65 Å². The van der Waals surface area contributed by atoms with Crippen LogP contribution in [0.3, 0.4) is 0 Å². The number of methoxy groups -OCH3 is 1. The van der Waals surface area contributed by atoms with Gasteiger partial charge in [-0.15, -0.1) is 0 Å². The van der Waals surface area contributed by atoms with Crippen LogP contribution >= 0.6 is 0 Å². The summed E-state index contributed by atoms with van der Waals surface area (Å²) in [5, 5.41) is 3.09. The van der Waals surface area contributed by atoms with Gasteiger partial charge in [0.1, 0.15) is 17.1 Å². The lowest BCUT2D eigenvalue weighted by molar-refractivity contribution is 0.0929. The molecule has 1 amide bonds. The normalized spacial score (nSPS) is 12.1. The second-order valence-electron chi connectivity index (χ2n) is 5.27. The molecule has 1 aromatic carbocycles. The van der Waals surface area contributed by atoms with E-state index in [2.05, 4.69) is 10.3 Å². The van der Waals surface area contributed by atoms with E-state index in [-0.39, 0.29) is 11.9 Å². The van der Waals surface area contributed by atoms with E-state index < -0.39 is 0 Å². The SMILES string of the molecule is CC[C@@H](NC(=O)c1cccc2nccn12)c1ccc(OC)cc1. The van der Waals surface area contributed by atoms with Gasteiger partial charge in [0.05, 0.1) is 13.2 Å². The first-order valence-electron chi connectivity index (χ1n) is 7.60. The summed E-state index contributed by atoms with van der Waals surface area (Å²) in [7, 11) is 1.64. The van der Waals surface area contributed by atoms with E-state index in [1.807, 2.05) is 43.3 Å². The molecule has 3 aromatic rings. The maximum atomic E-state index is 12.6. The molecular weight excluding hydrogens is 290 g/mol. The summed E-state index contributed by atoms with van der Waals surface area (Å²) < 4.78 is 6.96. The van der Waals surface area contributed by atoms with Crippen LogP contribution in [0.5, 0.6) is 5.75 Å². The Morgan fingerprint density at radius 3 is 2.74 bits per heavy atom. The molecule has 0 fully saturated rings. The van der Waals surface area contributed by atoms with Crippen molar-refractivity contribution in [1.82, 2.24) is 14.7 Å². The number of nitrogens with zero attached hydrogens (tertiary/aromatic N) is 2. The van der Waals surface area contributed by atoms with Gasteiger partial charge in [-0.1, -0.05) is 25.1 Å². The largest absolute Gasteiger partial charge is 0.497 e. The molecule has 1 atom stereocenters. The standard InChI is InChI=1S/C18H19N3O2/c1-3-15(13-7-9-14(23-2)10-8-13)20-18(22)16-5-4-6-17-19-11-12-21(16)17/h4-12,15H,3H2,1-2H3,(H,20,22)/t15-/m1/s1. The minimum atomic E-state index is -0.115. The maximum Gasteiger partial charge on any atom is 0.268 e. The summed E-state index contributed by atoms with van der Waals surface area (Å²) in [6.45, 7) is 2.05. The fourth-order valence-corrected chi connectivity index (χ4v) is 2.62. The second-order valence-corrected chi connectivity index (χ2v) is 5.27. The molecule has 0 aliphatic rings. The predicted molar refractivity (Wildman–Crippen MR) is 88.7 cm³/mol. The predicted octanol–water partition coefficient (Wildman–Crippen LogP) is 3.22. The van der Waals surface area contributed by atoms with Crippen LogP contribution in [0, 0.1) is 0 Å². The highest BCUT2D eigenvalue weighted by Crippen LogP contribution is 2.20. The zero-order valence-electron chi connectivity index (χ0n) is 13.2. The van der Waals surface area contributed by atoms with Crippen LogP contribution in [0.4, 0.5) is 0 Å². The Morgan fingerprint density at radius 2 is 2.04 bits per heavy atom. The first kappa shape index (κ1) is 15.1. The van der Waals surface area contributed by atoms with E-state index in [0.717, 1.165) is 23.4 Å². The Kier molecular flexibility index (Phi) is 4.28. The van der Waals surface area contributed by atoms with E-state index in [1.165, 1.54) is 0 Å². The lowest BCUT2D eigenvalue weighted by Gasteiger charge is -2.18. The van der Waals surface area contributed by atoms with Crippen molar-refractivity contribution >= 4 is 11.6 Å². The third kappa shape index (κ3) is 3.04. The van der Waals surface area contributed by atoms with Gasteiger partial charge < -0.3 is 10.1 Å². The summed E-state index contributed by atoms with van der Waals surface area (Å²) in [5.41, 5.74) is 2.39. The first-order valence-corrected chi connectivity index (χ1v) is 7.60. The molecule has 2 aromatic heterocycles. The topological polar surface area (TPSA) is 55.6 Å². The molecule has 5 heteroatoms. The number of ether oxygens (including phenoxy) is 1. The highest BCUT2D eigenvalue weighted by Gasteiger charge is 2.16. The van der Waals surface area contributed by atoms with Gasteiger partial charge in [-0.05, 0) is 36.2 Å². The molecule has 5 nitrogen and oxygen atoms in total. The van der Waals surface area contributed by atoms with Crippen molar-refractivity contribution in [2.75, 3.05) is 7.11 Å². The van der Waals surface area contributed by atoms with Crippen molar-refractivity contribution in [3.63, 3.8) is 0 Å². The molecule has 0 saturated heterocycles. The molecule has 3 rings (SSSR count). The average Bonchev–Trinajstić information content (AvgIpc) is 3.08. The third-order valence-electron chi connectivity index (χ3n) is 3.89. The summed E-state index contributed by atoms with van der Waals surface area (Å²) in [6.07, 6.45) is 4.28. The third-order valence-corrected chi connectivity index (χ3v) is 3.89. The number of rotatable bonds is 5. The van der Waals surface area contributed by atoms with Gasteiger partial charge in [0, 0.05) is 12.4 Å². The monoisotopic (exact) mass is 309 g/mol. The maximum absolute atomic E-state index is 12.6. The number of fused-ring (bicyclic) bond motifs is 1. The minimum absolute atomic E-state index is 0.0489. The fraction of sp³-hybridized carbons (Fsp3) is 0.222. The van der Waals surface area contributed by atoms with Crippen molar-refractivity contribution in [3.05, 3.63) is 66.1 Å². The lowest BCUT2D eigenvalue weighted by atomic mass is 10.0. The molecule has 0 aliphatic carbocycles. The van der Waals surface area contributed by atoms with Crippen LogP contribution in [0.2, 0.25) is 0 Å². The zero-order valence-corrected chi connectivity index (χ0v) is 13.2. The number of amides is 1. The Morgan fingerprint density at radius 1 is 1.26 bits per heavy atom. The van der Waals surface area contributed by atoms with Crippen molar-refractivity contribution in [2.24, 2.45) is 0 Å². The van der Waals surface area contributed by atoms with Crippen LogP contribution < -0.4 is 10.1 Å². The first-order chi connectivity index (χ1) is 11.2. The number of carbonyl (C=O) groups is 1. The van der Waals surface area contributed by atoms with E-state index >= 15 is 0 Å². The van der Waals surface area contributed by atoms with E-state index in [1.54, 1.807) is 30.0 Å². The number of imidazole rings is 1. The number of hydrogen-bond acceptors (Lipinski definition) is 3. The molecule has 0 unspecified atom stereocenters. The molecule has 0 spiro atoms. The average molecular weight is 309 g/mol. The van der Waals surface area contributed by atoms with Gasteiger partial charge in [-0.3, -0.25) is 9.20 Å². The van der Waals surface area contributed by atoms with Crippen molar-refractivity contribution in [1.29, 1.82) is 0 Å². The fourth-order valence-electron chi connectivity index (χ4n) is 2.62. The number of benzene rings is 1. The number of pyridine rings is 1. The molecule has 1 N–H and O–H groups in total. The van der Waals surface area contributed by atoms with E-state index in [0.29, 0.717) is 5.69 Å². The Labute approximate surface area is 134 Å². The Hall–Kier alpha value is -2.82.